The van der Waals surface area contributed by atoms with Gasteiger partial charge in [-0.2, -0.15) is 0 Å². The summed E-state index contributed by atoms with van der Waals surface area (Å²) < 4.78 is 44.1. The third-order valence-corrected chi connectivity index (χ3v) is 25.8. The molecule has 8 heteroatoms. The lowest BCUT2D eigenvalue weighted by atomic mass is 9.96. The number of hydrogen-bond acceptors (Lipinski definition) is 6. The summed E-state index contributed by atoms with van der Waals surface area (Å²) in [5.41, 5.74) is 16.5. The van der Waals surface area contributed by atoms with E-state index in [1.807, 2.05) is 109 Å². The van der Waals surface area contributed by atoms with E-state index in [4.69, 9.17) is 30.8 Å². The molecule has 92 heavy (non-hydrogen) atoms. The van der Waals surface area contributed by atoms with Crippen molar-refractivity contribution in [3.05, 3.63) is 328 Å². The first kappa shape index (κ1) is 55.2. The first-order chi connectivity index (χ1) is 45.4. The molecule has 0 N–H and O–H groups in total. The number of ether oxygens (including phenoxy) is 4. The van der Waals surface area contributed by atoms with Gasteiger partial charge >= 0.3 is 0 Å². The van der Waals surface area contributed by atoms with Crippen LogP contribution in [0.2, 0.25) is 0 Å². The average molecular weight is 1240 g/mol. The van der Waals surface area contributed by atoms with Crippen LogP contribution in [0.4, 0.5) is 0 Å². The van der Waals surface area contributed by atoms with E-state index in [0.717, 1.165) is 128 Å². The van der Waals surface area contributed by atoms with E-state index >= 15 is 4.57 Å². The molecule has 4 heterocycles. The van der Waals surface area contributed by atoms with Gasteiger partial charge in [0.25, 0.3) is 0 Å². The molecule has 4 aliphatic heterocycles. The molecule has 18 rings (SSSR count). The highest BCUT2D eigenvalue weighted by atomic mass is 32.4. The molecule has 4 aliphatic rings. The van der Waals surface area contributed by atoms with Gasteiger partial charge < -0.3 is 23.5 Å². The second-order valence-corrected chi connectivity index (χ2v) is 30.1. The predicted octanol–water partition coefficient (Wildman–Crippen LogP) is 20.5. The van der Waals surface area contributed by atoms with Gasteiger partial charge in [0.1, 0.15) is 51.3 Å². The van der Waals surface area contributed by atoms with Gasteiger partial charge in [0.05, 0.1) is 22.0 Å². The van der Waals surface area contributed by atoms with Crippen LogP contribution in [0.1, 0.15) is 0 Å². The highest BCUT2D eigenvalue weighted by Gasteiger charge is 2.49. The standard InChI is InChI=1S/C42H27O3P.C42H27O2PS/c43-46-38-25-32(28-13-5-1-6-14-28)21-23-36(38)44-40-34(30-17-9-3-10-18-30)27-35(31-19-11-4-12-20-31)41(42(40)46)45-37-24-22-33(26-39(37)46)29-15-7-2-8-16-29;46-45-38-25-32(28-13-5-1-6-14-28)21-23-36(38)43-40-34(30-17-9-3-10-18-30)27-35(31-19-11-4-12-20-31)41(42(40)45)44-37-24-22-33(26-39(37)45)29-15-7-2-8-16-29/h2*1-27H. The SMILES string of the molecule is O=P12c3cc(-c4ccccc4)ccc3Oc3c(-c4ccccc4)cc(-c4ccccc4)c(c31)Oc1ccc(-c3ccccc3)cc12.S=P12c3cc(-c4ccccc4)ccc3Oc3c(-c4ccccc4)cc(-c4ccccc4)c(c31)Oc1ccc(-c3ccccc3)cc12. The Hall–Kier alpha value is -10.8. The topological polar surface area (TPSA) is 54.0 Å². The van der Waals surface area contributed by atoms with Crippen molar-refractivity contribution in [2.45, 2.75) is 0 Å². The minimum absolute atomic E-state index is 0.583. The Morgan fingerprint density at radius 1 is 0.217 bits per heavy atom. The predicted molar refractivity (Wildman–Crippen MR) is 382 cm³/mol. The van der Waals surface area contributed by atoms with Crippen LogP contribution in [0.25, 0.3) is 89.0 Å². The Labute approximate surface area is 539 Å². The number of hydrogen-bond donors (Lipinski definition) is 0. The average Bonchev–Trinajstić information content (AvgIpc) is 0.699. The summed E-state index contributed by atoms with van der Waals surface area (Å²) in [5, 5.41) is 5.07. The van der Waals surface area contributed by atoms with Crippen LogP contribution in [-0.2, 0) is 16.4 Å². The van der Waals surface area contributed by atoms with Crippen molar-refractivity contribution >= 4 is 56.8 Å². The lowest BCUT2D eigenvalue weighted by Gasteiger charge is -2.39. The molecule has 0 amide bonds. The molecule has 14 aromatic rings. The second kappa shape index (κ2) is 22.6. The van der Waals surface area contributed by atoms with E-state index in [2.05, 4.69) is 218 Å². The minimum Gasteiger partial charge on any atom is -0.455 e. The normalized spacial score (nSPS) is 13.4. The number of benzene rings is 14. The summed E-state index contributed by atoms with van der Waals surface area (Å²) in [4.78, 5) is 0. The molecule has 0 fully saturated rings. The van der Waals surface area contributed by atoms with Crippen molar-refractivity contribution in [3.63, 3.8) is 0 Å². The second-order valence-electron chi connectivity index (χ2n) is 23.2. The van der Waals surface area contributed by atoms with Crippen LogP contribution in [0.3, 0.4) is 0 Å². The third kappa shape index (κ3) is 9.21. The molecule has 0 atom stereocenters. The summed E-state index contributed by atoms with van der Waals surface area (Å²) in [6.45, 7) is 0. The van der Waals surface area contributed by atoms with Gasteiger partial charge in [-0.15, -0.1) is 0 Å². The van der Waals surface area contributed by atoms with Crippen LogP contribution >= 0.6 is 13.2 Å². The smallest absolute Gasteiger partial charge is 0.185 e. The van der Waals surface area contributed by atoms with Gasteiger partial charge in [-0.1, -0.05) is 279 Å². The molecule has 0 aromatic heterocycles. The van der Waals surface area contributed by atoms with Crippen LogP contribution in [0.5, 0.6) is 46.0 Å². The van der Waals surface area contributed by atoms with Gasteiger partial charge in [0, 0.05) is 32.9 Å². The molecule has 0 unspecified atom stereocenters. The summed E-state index contributed by atoms with van der Waals surface area (Å²) in [5.74, 6) is 5.57. The van der Waals surface area contributed by atoms with Crippen molar-refractivity contribution in [1.29, 1.82) is 0 Å². The Balaban J connectivity index is 0.000000141. The van der Waals surface area contributed by atoms with Crippen LogP contribution in [0.15, 0.2) is 328 Å². The quantitative estimate of drug-likeness (QED) is 0.141. The molecule has 0 saturated carbocycles. The molecule has 0 saturated heterocycles. The zero-order valence-electron chi connectivity index (χ0n) is 49.5. The molecule has 0 spiro atoms. The van der Waals surface area contributed by atoms with Gasteiger partial charge in [0.2, 0.25) is 0 Å². The fourth-order valence-corrected chi connectivity index (χ4v) is 21.1. The maximum absolute atomic E-state index is 16.5. The van der Waals surface area contributed by atoms with E-state index in [1.54, 1.807) is 0 Å². The third-order valence-electron chi connectivity index (χ3n) is 17.9. The van der Waals surface area contributed by atoms with Crippen LogP contribution in [-0.4, -0.2) is 0 Å². The molecule has 0 aliphatic carbocycles. The van der Waals surface area contributed by atoms with Crippen molar-refractivity contribution in [3.8, 4) is 135 Å². The van der Waals surface area contributed by atoms with Crippen molar-refractivity contribution < 1.29 is 23.5 Å². The van der Waals surface area contributed by atoms with Crippen molar-refractivity contribution in [2.24, 2.45) is 0 Å². The van der Waals surface area contributed by atoms with Crippen molar-refractivity contribution in [1.82, 2.24) is 0 Å². The van der Waals surface area contributed by atoms with E-state index in [1.165, 1.54) is 0 Å². The van der Waals surface area contributed by atoms with Gasteiger partial charge in [-0.3, -0.25) is 0 Å². The number of fused-ring (bicyclic) bond motifs is 8. The lowest BCUT2D eigenvalue weighted by molar-refractivity contribution is 0.464. The lowest BCUT2D eigenvalue weighted by Crippen LogP contribution is -2.36. The monoisotopic (exact) mass is 1240 g/mol. The van der Waals surface area contributed by atoms with E-state index < -0.39 is 13.2 Å². The Morgan fingerprint density at radius 3 is 0.696 bits per heavy atom. The first-order valence-electron chi connectivity index (χ1n) is 30.7. The van der Waals surface area contributed by atoms with E-state index in [0.29, 0.717) is 38.9 Å². The van der Waals surface area contributed by atoms with Gasteiger partial charge in [-0.05, 0) is 127 Å². The molecule has 436 valence electrons. The van der Waals surface area contributed by atoms with Gasteiger partial charge in [0.15, 0.2) is 7.14 Å². The molecule has 0 bridgehead atoms. The Morgan fingerprint density at radius 2 is 0.435 bits per heavy atom. The van der Waals surface area contributed by atoms with Crippen LogP contribution in [0, 0.1) is 0 Å². The summed E-state index contributed by atoms with van der Waals surface area (Å²) in [6.07, 6.45) is 0. The van der Waals surface area contributed by atoms with Gasteiger partial charge in [-0.25, -0.2) is 0 Å². The fraction of sp³-hybridized carbons (Fsp3) is 0. The Kier molecular flexibility index (Phi) is 13.6. The zero-order chi connectivity index (χ0) is 61.3. The minimum atomic E-state index is -3.55. The van der Waals surface area contributed by atoms with E-state index in [-0.39, 0.29) is 0 Å². The highest BCUT2D eigenvalue weighted by molar-refractivity contribution is 8.26. The number of rotatable bonds is 8. The van der Waals surface area contributed by atoms with E-state index in [9.17, 15) is 0 Å². The fourth-order valence-electron chi connectivity index (χ4n) is 13.4. The molecular weight excluding hydrogens is 1180 g/mol. The highest BCUT2D eigenvalue weighted by Crippen LogP contribution is 2.64. The summed E-state index contributed by atoms with van der Waals surface area (Å²) in [6, 6.07) is 109. The molecule has 0 radical (unpaired) electrons. The zero-order valence-corrected chi connectivity index (χ0v) is 52.1. The summed E-state index contributed by atoms with van der Waals surface area (Å²) >= 11 is 7.15. The first-order valence-corrected chi connectivity index (χ1v) is 35.2. The Bertz CT molecular complexity index is 4650. The van der Waals surface area contributed by atoms with Crippen LogP contribution < -0.4 is 50.8 Å². The van der Waals surface area contributed by atoms with Crippen molar-refractivity contribution in [2.75, 3.05) is 0 Å². The molecule has 14 aromatic carbocycles. The summed E-state index contributed by atoms with van der Waals surface area (Å²) in [7, 11) is -3.55. The maximum Gasteiger partial charge on any atom is 0.185 e. The molecular formula is C84H54O5P2S. The largest absolute Gasteiger partial charge is 0.455 e. The maximum atomic E-state index is 16.5. The molecule has 5 nitrogen and oxygen atoms in total.